The average molecular weight is 520 g/mol. The van der Waals surface area contributed by atoms with Crippen LogP contribution in [0.15, 0.2) is 42.9 Å². The third-order valence-electron chi connectivity index (χ3n) is 5.54. The van der Waals surface area contributed by atoms with Crippen molar-refractivity contribution in [3.8, 4) is 5.75 Å². The second-order valence-electron chi connectivity index (χ2n) is 7.97. The van der Waals surface area contributed by atoms with Gasteiger partial charge in [0.15, 0.2) is 0 Å². The van der Waals surface area contributed by atoms with Crippen LogP contribution < -0.4 is 15.8 Å². The molecule has 0 spiro atoms. The summed E-state index contributed by atoms with van der Waals surface area (Å²) in [4.78, 5) is 39.1. The van der Waals surface area contributed by atoms with Gasteiger partial charge in [0.1, 0.15) is 17.4 Å². The van der Waals surface area contributed by atoms with Crippen molar-refractivity contribution in [2.45, 2.75) is 39.1 Å². The standard InChI is InChI=1S/C23H20F4N6O4/c1-12(19-17(24)3-2-6-29-19)33(9-13-4-5-14(7-30-13)37-23(25,26)27)22(35)21(34)32-18-8-31-20(28)16-11-36-10-15(16)18/h2-8,12H,9-11H2,1H3,(H2,28,31)(H,32,34). The molecule has 2 amide bonds. The zero-order valence-corrected chi connectivity index (χ0v) is 19.3. The summed E-state index contributed by atoms with van der Waals surface area (Å²) in [7, 11) is 0. The number of alkyl halides is 3. The smallest absolute Gasteiger partial charge is 0.404 e. The van der Waals surface area contributed by atoms with Gasteiger partial charge in [-0.2, -0.15) is 0 Å². The molecule has 1 unspecified atom stereocenters. The molecule has 37 heavy (non-hydrogen) atoms. The molecule has 14 heteroatoms. The molecule has 1 aliphatic heterocycles. The Labute approximate surface area is 207 Å². The molecular weight excluding hydrogens is 500 g/mol. The van der Waals surface area contributed by atoms with Crippen molar-refractivity contribution in [1.82, 2.24) is 19.9 Å². The van der Waals surface area contributed by atoms with Crippen molar-refractivity contribution in [1.29, 1.82) is 0 Å². The van der Waals surface area contributed by atoms with Gasteiger partial charge in [0.2, 0.25) is 0 Å². The Morgan fingerprint density at radius 1 is 1.16 bits per heavy atom. The predicted octanol–water partition coefficient (Wildman–Crippen LogP) is 3.25. The van der Waals surface area contributed by atoms with Gasteiger partial charge in [-0.05, 0) is 31.2 Å². The van der Waals surface area contributed by atoms with E-state index in [1.807, 2.05) is 0 Å². The molecule has 0 bridgehead atoms. The maximum atomic E-state index is 14.5. The lowest BCUT2D eigenvalue weighted by Crippen LogP contribution is -2.41. The van der Waals surface area contributed by atoms with Crippen LogP contribution in [0.4, 0.5) is 29.1 Å². The minimum atomic E-state index is -4.91. The number of nitrogens with two attached hydrogens (primary N) is 1. The summed E-state index contributed by atoms with van der Waals surface area (Å²) < 4.78 is 61.0. The first-order valence-electron chi connectivity index (χ1n) is 10.8. The van der Waals surface area contributed by atoms with E-state index in [0.717, 1.165) is 23.2 Å². The quantitative estimate of drug-likeness (QED) is 0.374. The number of amides is 2. The van der Waals surface area contributed by atoms with Crippen molar-refractivity contribution in [2.24, 2.45) is 0 Å². The number of nitrogen functional groups attached to an aromatic ring is 1. The molecule has 3 aromatic heterocycles. The van der Waals surface area contributed by atoms with Crippen LogP contribution in [0.1, 0.15) is 35.5 Å². The minimum absolute atomic E-state index is 0.113. The molecule has 0 radical (unpaired) electrons. The Kier molecular flexibility index (Phi) is 7.20. The summed E-state index contributed by atoms with van der Waals surface area (Å²) in [5, 5.41) is 2.48. The fourth-order valence-electron chi connectivity index (χ4n) is 3.71. The van der Waals surface area contributed by atoms with E-state index < -0.39 is 35.8 Å². The number of aromatic nitrogens is 3. The van der Waals surface area contributed by atoms with Crippen molar-refractivity contribution in [3.63, 3.8) is 0 Å². The summed E-state index contributed by atoms with van der Waals surface area (Å²) >= 11 is 0. The van der Waals surface area contributed by atoms with E-state index in [1.165, 1.54) is 31.5 Å². The van der Waals surface area contributed by atoms with E-state index >= 15 is 0 Å². The molecule has 3 aromatic rings. The lowest BCUT2D eigenvalue weighted by atomic mass is 10.1. The number of carbonyl (C=O) groups excluding carboxylic acids is 2. The van der Waals surface area contributed by atoms with Gasteiger partial charge in [0.05, 0.1) is 55.3 Å². The Morgan fingerprint density at radius 3 is 2.59 bits per heavy atom. The van der Waals surface area contributed by atoms with Gasteiger partial charge >= 0.3 is 18.2 Å². The number of hydrogen-bond donors (Lipinski definition) is 2. The van der Waals surface area contributed by atoms with Crippen LogP contribution in [-0.4, -0.2) is 38.0 Å². The van der Waals surface area contributed by atoms with Crippen LogP contribution in [0.5, 0.6) is 5.75 Å². The lowest BCUT2D eigenvalue weighted by Gasteiger charge is -2.28. The second kappa shape index (κ2) is 10.3. The van der Waals surface area contributed by atoms with E-state index in [4.69, 9.17) is 10.5 Å². The van der Waals surface area contributed by atoms with E-state index in [-0.39, 0.29) is 42.7 Å². The average Bonchev–Trinajstić information content (AvgIpc) is 3.35. The third-order valence-corrected chi connectivity index (χ3v) is 5.54. The molecule has 3 N–H and O–H groups in total. The molecule has 1 aliphatic rings. The first kappa shape index (κ1) is 25.8. The first-order chi connectivity index (χ1) is 17.5. The van der Waals surface area contributed by atoms with Crippen LogP contribution in [0.3, 0.4) is 0 Å². The minimum Gasteiger partial charge on any atom is -0.404 e. The Morgan fingerprint density at radius 2 is 1.92 bits per heavy atom. The highest BCUT2D eigenvalue weighted by Gasteiger charge is 2.33. The molecule has 1 atom stereocenters. The lowest BCUT2D eigenvalue weighted by molar-refractivity contribution is -0.274. The normalized spacial score (nSPS) is 13.5. The van der Waals surface area contributed by atoms with Crippen molar-refractivity contribution < 1.29 is 36.6 Å². The SMILES string of the molecule is CC(c1ncccc1F)N(Cc1ccc(OC(F)(F)F)cn1)C(=O)C(=O)Nc1cnc(N)c2c1COC2. The molecular formula is C23H20F4N6O4. The van der Waals surface area contributed by atoms with Crippen molar-refractivity contribution in [2.75, 3.05) is 11.1 Å². The van der Waals surface area contributed by atoms with Crippen LogP contribution >= 0.6 is 0 Å². The largest absolute Gasteiger partial charge is 0.573 e. The van der Waals surface area contributed by atoms with Crippen LogP contribution in [0, 0.1) is 5.82 Å². The summed E-state index contributed by atoms with van der Waals surface area (Å²) in [6.07, 6.45) is -1.47. The fourth-order valence-corrected chi connectivity index (χ4v) is 3.71. The number of nitrogens with one attached hydrogen (secondary N) is 1. The first-order valence-corrected chi connectivity index (χ1v) is 10.8. The fraction of sp³-hybridized carbons (Fsp3) is 0.261. The Hall–Kier alpha value is -4.33. The highest BCUT2D eigenvalue weighted by molar-refractivity contribution is 6.39. The molecule has 0 saturated carbocycles. The molecule has 4 heterocycles. The van der Waals surface area contributed by atoms with Crippen LogP contribution in [-0.2, 0) is 34.1 Å². The zero-order chi connectivity index (χ0) is 26.7. The van der Waals surface area contributed by atoms with Crippen molar-refractivity contribution in [3.05, 3.63) is 71.2 Å². The van der Waals surface area contributed by atoms with Crippen LogP contribution in [0.2, 0.25) is 0 Å². The maximum Gasteiger partial charge on any atom is 0.573 e. The molecule has 10 nitrogen and oxygen atoms in total. The Balaban J connectivity index is 1.60. The summed E-state index contributed by atoms with van der Waals surface area (Å²) in [6, 6.07) is 3.66. The summed E-state index contributed by atoms with van der Waals surface area (Å²) in [5.41, 5.74) is 7.21. The van der Waals surface area contributed by atoms with Gasteiger partial charge in [0.25, 0.3) is 0 Å². The molecule has 194 valence electrons. The number of hydrogen-bond acceptors (Lipinski definition) is 8. The summed E-state index contributed by atoms with van der Waals surface area (Å²) in [5.74, 6) is -3.18. The highest BCUT2D eigenvalue weighted by Crippen LogP contribution is 2.31. The number of ether oxygens (including phenoxy) is 2. The van der Waals surface area contributed by atoms with Crippen molar-refractivity contribution >= 4 is 23.3 Å². The molecule has 4 rings (SSSR count). The Bertz CT molecular complexity index is 1320. The highest BCUT2D eigenvalue weighted by atomic mass is 19.4. The second-order valence-corrected chi connectivity index (χ2v) is 7.97. The number of pyridine rings is 3. The maximum absolute atomic E-state index is 14.5. The van der Waals surface area contributed by atoms with Crippen LogP contribution in [0.25, 0.3) is 0 Å². The number of carbonyl (C=O) groups is 2. The number of fused-ring (bicyclic) bond motifs is 1. The number of nitrogens with zero attached hydrogens (tertiary/aromatic N) is 4. The van der Waals surface area contributed by atoms with E-state index in [2.05, 4.69) is 25.0 Å². The molecule has 0 aliphatic carbocycles. The number of rotatable bonds is 6. The van der Waals surface area contributed by atoms with E-state index in [0.29, 0.717) is 11.1 Å². The zero-order valence-electron chi connectivity index (χ0n) is 19.3. The van der Waals surface area contributed by atoms with Gasteiger partial charge in [-0.3, -0.25) is 19.6 Å². The topological polar surface area (TPSA) is 133 Å². The third kappa shape index (κ3) is 5.91. The molecule has 0 aromatic carbocycles. The van der Waals surface area contributed by atoms with Gasteiger partial charge in [-0.25, -0.2) is 9.37 Å². The monoisotopic (exact) mass is 520 g/mol. The number of halogens is 4. The van der Waals surface area contributed by atoms with Gasteiger partial charge < -0.3 is 25.4 Å². The van der Waals surface area contributed by atoms with Gasteiger partial charge in [0, 0.05) is 17.3 Å². The van der Waals surface area contributed by atoms with E-state index in [9.17, 15) is 27.2 Å². The van der Waals surface area contributed by atoms with Gasteiger partial charge in [-0.15, -0.1) is 13.2 Å². The van der Waals surface area contributed by atoms with E-state index in [1.54, 1.807) is 0 Å². The summed E-state index contributed by atoms with van der Waals surface area (Å²) in [6.45, 7) is 1.46. The van der Waals surface area contributed by atoms with Gasteiger partial charge in [-0.1, -0.05) is 0 Å². The molecule has 0 saturated heterocycles. The predicted molar refractivity (Wildman–Crippen MR) is 120 cm³/mol. The molecule has 0 fully saturated rings. The number of anilines is 2.